The Morgan fingerprint density at radius 3 is 0.803 bits per heavy atom. The summed E-state index contributed by atoms with van der Waals surface area (Å²) in [5.41, 5.74) is 14.6. The summed E-state index contributed by atoms with van der Waals surface area (Å²) in [5, 5.41) is 4.30. The van der Waals surface area contributed by atoms with Gasteiger partial charge in [0.2, 0.25) is 0 Å². The number of fused-ring (bicyclic) bond motifs is 6. The molecule has 0 N–H and O–H groups in total. The van der Waals surface area contributed by atoms with Crippen LogP contribution in [0.3, 0.4) is 0 Å². The van der Waals surface area contributed by atoms with Crippen LogP contribution >= 0.6 is 0 Å². The van der Waals surface area contributed by atoms with Gasteiger partial charge in [-0.25, -0.2) is 0 Å². The Morgan fingerprint density at radius 2 is 0.470 bits per heavy atom. The first-order valence-electron chi connectivity index (χ1n) is 22.3. The van der Waals surface area contributed by atoms with Crippen LogP contribution < -0.4 is 9.80 Å². The average Bonchev–Trinajstić information content (AvgIpc) is 4.06. The van der Waals surface area contributed by atoms with Crippen LogP contribution in [-0.2, 0) is 0 Å². The van der Waals surface area contributed by atoms with E-state index in [1.54, 1.807) is 0 Å². The first kappa shape index (κ1) is 38.8. The van der Waals surface area contributed by atoms with Gasteiger partial charge >= 0.3 is 0 Å². The molecular weight excluding hydrogens is 805 g/mol. The van der Waals surface area contributed by atoms with Gasteiger partial charge in [0.25, 0.3) is 0 Å². The minimum atomic E-state index is 0.740. The summed E-state index contributed by atoms with van der Waals surface area (Å²) >= 11 is 0. The van der Waals surface area contributed by atoms with Gasteiger partial charge in [-0.1, -0.05) is 146 Å². The van der Waals surface area contributed by atoms with Gasteiger partial charge < -0.3 is 18.6 Å². The van der Waals surface area contributed by atoms with Crippen LogP contribution in [0.1, 0.15) is 0 Å². The molecular formula is C62H42N2O2. The van der Waals surface area contributed by atoms with Crippen LogP contribution in [-0.4, -0.2) is 0 Å². The van der Waals surface area contributed by atoms with Crippen molar-refractivity contribution >= 4 is 66.8 Å². The summed E-state index contributed by atoms with van der Waals surface area (Å²) in [6.45, 7) is 0. The maximum Gasteiger partial charge on any atom is 0.178 e. The molecule has 0 amide bonds. The molecule has 4 heteroatoms. The van der Waals surface area contributed by atoms with E-state index >= 15 is 0 Å². The van der Waals surface area contributed by atoms with E-state index in [-0.39, 0.29) is 0 Å². The third-order valence-corrected chi connectivity index (χ3v) is 12.5. The van der Waals surface area contributed by atoms with E-state index in [4.69, 9.17) is 8.83 Å². The summed E-state index contributed by atoms with van der Waals surface area (Å²) < 4.78 is 13.6. The van der Waals surface area contributed by atoms with E-state index in [1.165, 1.54) is 22.3 Å². The Kier molecular flexibility index (Phi) is 9.81. The van der Waals surface area contributed by atoms with E-state index in [1.807, 2.05) is 12.1 Å². The molecule has 0 unspecified atom stereocenters. The highest BCUT2D eigenvalue weighted by atomic mass is 16.4. The van der Waals surface area contributed by atoms with E-state index in [0.29, 0.717) is 0 Å². The van der Waals surface area contributed by atoms with Crippen LogP contribution in [0, 0.1) is 0 Å². The molecule has 0 aliphatic rings. The van der Waals surface area contributed by atoms with Gasteiger partial charge in [-0.15, -0.1) is 0 Å². The van der Waals surface area contributed by atoms with E-state index in [9.17, 15) is 0 Å². The van der Waals surface area contributed by atoms with Gasteiger partial charge in [0.1, 0.15) is 11.5 Å². The molecule has 10 aromatic carbocycles. The minimum absolute atomic E-state index is 0.740. The second-order valence-electron chi connectivity index (χ2n) is 16.5. The third kappa shape index (κ3) is 7.17. The van der Waals surface area contributed by atoms with Gasteiger partial charge in [-0.05, 0) is 142 Å². The SMILES string of the molecule is c1ccc(-c2ccc(N(c3ccccc3)c3ccc(-c4cc5c6ccccc6c6cc(-c7ccc(N(c8ccccc8)c8ccc(-c9ccccc9)cc8)cc7)oc6c5o4)cc3)cc2)cc1. The number of benzene rings is 10. The Morgan fingerprint density at radius 1 is 0.212 bits per heavy atom. The fraction of sp³-hybridized carbons (Fsp3) is 0. The molecule has 0 bridgehead atoms. The van der Waals surface area contributed by atoms with Crippen molar-refractivity contribution in [1.82, 2.24) is 0 Å². The summed E-state index contributed by atoms with van der Waals surface area (Å²) in [4.78, 5) is 4.57. The second-order valence-corrected chi connectivity index (χ2v) is 16.5. The van der Waals surface area contributed by atoms with Gasteiger partial charge in [0, 0.05) is 56.0 Å². The number of anilines is 6. The fourth-order valence-corrected chi connectivity index (χ4v) is 9.22. The summed E-state index contributed by atoms with van der Waals surface area (Å²) in [6, 6.07) is 89.6. The molecule has 0 saturated carbocycles. The van der Waals surface area contributed by atoms with Crippen LogP contribution in [0.25, 0.3) is 77.6 Å². The normalized spacial score (nSPS) is 11.3. The first-order valence-corrected chi connectivity index (χ1v) is 22.3. The molecule has 0 radical (unpaired) electrons. The Balaban J connectivity index is 0.882. The summed E-state index contributed by atoms with van der Waals surface area (Å²) in [7, 11) is 0. The highest BCUT2D eigenvalue weighted by Gasteiger charge is 2.21. The molecule has 4 nitrogen and oxygen atoms in total. The predicted octanol–water partition coefficient (Wildman–Crippen LogP) is 17.9. The molecule has 66 heavy (non-hydrogen) atoms. The van der Waals surface area contributed by atoms with Crippen molar-refractivity contribution in [3.63, 3.8) is 0 Å². The number of hydrogen-bond donors (Lipinski definition) is 0. The monoisotopic (exact) mass is 846 g/mol. The third-order valence-electron chi connectivity index (χ3n) is 12.5. The molecule has 0 aliphatic carbocycles. The lowest BCUT2D eigenvalue weighted by atomic mass is 10.0. The van der Waals surface area contributed by atoms with E-state index < -0.39 is 0 Å². The highest BCUT2D eigenvalue weighted by molar-refractivity contribution is 6.23. The lowest BCUT2D eigenvalue weighted by Crippen LogP contribution is -2.09. The second kappa shape index (κ2) is 16.7. The van der Waals surface area contributed by atoms with Crippen molar-refractivity contribution in [1.29, 1.82) is 0 Å². The largest absolute Gasteiger partial charge is 0.452 e. The van der Waals surface area contributed by atoms with Crippen LogP contribution in [0.2, 0.25) is 0 Å². The van der Waals surface area contributed by atoms with Crippen molar-refractivity contribution in [2.45, 2.75) is 0 Å². The number of nitrogens with zero attached hydrogens (tertiary/aromatic N) is 2. The lowest BCUT2D eigenvalue weighted by molar-refractivity contribution is 0.598. The van der Waals surface area contributed by atoms with Crippen LogP contribution in [0.4, 0.5) is 34.1 Å². The molecule has 0 atom stereocenters. The van der Waals surface area contributed by atoms with Crippen molar-refractivity contribution in [3.8, 4) is 44.9 Å². The van der Waals surface area contributed by atoms with Gasteiger partial charge in [-0.3, -0.25) is 0 Å². The number of hydrogen-bond acceptors (Lipinski definition) is 4. The van der Waals surface area contributed by atoms with E-state index in [0.717, 1.165) is 89.5 Å². The smallest absolute Gasteiger partial charge is 0.178 e. The molecule has 0 aliphatic heterocycles. The Bertz CT molecular complexity index is 3340. The van der Waals surface area contributed by atoms with Crippen molar-refractivity contribution in [2.24, 2.45) is 0 Å². The zero-order valence-electron chi connectivity index (χ0n) is 36.0. The van der Waals surface area contributed by atoms with Crippen LogP contribution in [0.5, 0.6) is 0 Å². The Hall–Kier alpha value is -8.86. The Labute approximate surface area is 383 Å². The maximum atomic E-state index is 6.82. The standard InChI is InChI=1S/C62H42N2O2/c1-5-15-43(16-6-1)45-25-33-51(34-26-45)63(49-19-9-3-10-20-49)53-37-29-47(30-38-53)59-41-57-55-23-13-14-24-56(55)58-42-60(66-62(58)61(57)65-59)48-31-39-54(40-32-48)64(50-21-11-4-12-22-50)52-35-27-46(28-36-52)44-17-7-2-8-18-44/h1-42H. The van der Waals surface area contributed by atoms with Crippen molar-refractivity contribution in [2.75, 3.05) is 9.80 Å². The average molecular weight is 847 g/mol. The maximum absolute atomic E-state index is 6.82. The zero-order chi connectivity index (χ0) is 43.8. The molecule has 0 saturated heterocycles. The van der Waals surface area contributed by atoms with E-state index in [2.05, 4.69) is 252 Å². The molecule has 0 fully saturated rings. The van der Waals surface area contributed by atoms with Crippen LogP contribution in [0.15, 0.2) is 264 Å². The topological polar surface area (TPSA) is 32.8 Å². The molecule has 312 valence electrons. The van der Waals surface area contributed by atoms with Crippen molar-refractivity contribution in [3.05, 3.63) is 255 Å². The van der Waals surface area contributed by atoms with Gasteiger partial charge in [-0.2, -0.15) is 0 Å². The number of furan rings is 2. The van der Waals surface area contributed by atoms with Gasteiger partial charge in [0.05, 0.1) is 0 Å². The highest BCUT2D eigenvalue weighted by Crippen LogP contribution is 2.44. The molecule has 2 aromatic heterocycles. The number of rotatable bonds is 10. The molecule has 12 rings (SSSR count). The predicted molar refractivity (Wildman–Crippen MR) is 275 cm³/mol. The summed E-state index contributed by atoms with van der Waals surface area (Å²) in [5.74, 6) is 1.57. The molecule has 0 spiro atoms. The first-order chi connectivity index (χ1) is 32.7. The molecule has 2 heterocycles. The lowest BCUT2D eigenvalue weighted by Gasteiger charge is -2.25. The van der Waals surface area contributed by atoms with Crippen molar-refractivity contribution < 1.29 is 8.83 Å². The van der Waals surface area contributed by atoms with Gasteiger partial charge in [0.15, 0.2) is 11.2 Å². The summed E-state index contributed by atoms with van der Waals surface area (Å²) in [6.07, 6.45) is 0. The fourth-order valence-electron chi connectivity index (χ4n) is 9.22. The minimum Gasteiger partial charge on any atom is -0.452 e. The zero-order valence-corrected chi connectivity index (χ0v) is 36.0. The quantitative estimate of drug-likeness (QED) is 0.137. The molecule has 12 aromatic rings. The number of para-hydroxylation sites is 2.